The van der Waals surface area contributed by atoms with E-state index >= 15 is 0 Å². The minimum absolute atomic E-state index is 0.0338. The Kier molecular flexibility index (Phi) is 8.99. The summed E-state index contributed by atoms with van der Waals surface area (Å²) in [6, 6.07) is 6.21. The molecule has 0 aliphatic heterocycles. The Bertz CT molecular complexity index is 603. The molecule has 1 aromatic rings. The van der Waals surface area contributed by atoms with Gasteiger partial charge in [-0.3, -0.25) is 9.59 Å². The van der Waals surface area contributed by atoms with Crippen molar-refractivity contribution in [3.63, 3.8) is 0 Å². The molecule has 140 valence electrons. The van der Waals surface area contributed by atoms with Crippen LogP contribution >= 0.6 is 8.81 Å². The molecule has 0 aliphatic rings. The predicted octanol–water partition coefficient (Wildman–Crippen LogP) is 4.50. The quantitative estimate of drug-likeness (QED) is 0.420. The lowest BCUT2D eigenvalue weighted by molar-refractivity contribution is -0.147. The average Bonchev–Trinajstić information content (AvgIpc) is 2.62. The highest BCUT2D eigenvalue weighted by Crippen LogP contribution is 2.43. The van der Waals surface area contributed by atoms with Crippen LogP contribution in [-0.4, -0.2) is 31.5 Å². The van der Waals surface area contributed by atoms with Crippen LogP contribution in [0.2, 0.25) is 0 Å². The Morgan fingerprint density at radius 1 is 0.880 bits per heavy atom. The van der Waals surface area contributed by atoms with E-state index in [9.17, 15) is 14.4 Å². The maximum Gasteiger partial charge on any atom is 0.337 e. The molecule has 1 rings (SSSR count). The summed E-state index contributed by atoms with van der Waals surface area (Å²) in [7, 11) is 1.33. The summed E-state index contributed by atoms with van der Waals surface area (Å²) in [6.45, 7) is 12.6. The number of Topliss-reactive ketones (excluding diaryl/α,β-unsaturated/α-hetero) is 1. The van der Waals surface area contributed by atoms with Gasteiger partial charge in [-0.05, 0) is 32.6 Å². The van der Waals surface area contributed by atoms with E-state index in [2.05, 4.69) is 4.74 Å². The van der Waals surface area contributed by atoms with Gasteiger partial charge in [0, 0.05) is 11.0 Å². The first-order valence-electron chi connectivity index (χ1n) is 8.20. The monoisotopic (exact) mass is 368 g/mol. The van der Waals surface area contributed by atoms with Gasteiger partial charge in [0.1, 0.15) is 0 Å². The molecular formula is C19H29O5P. The fourth-order valence-electron chi connectivity index (χ4n) is 2.00. The first-order chi connectivity index (χ1) is 11.6. The summed E-state index contributed by atoms with van der Waals surface area (Å²) in [6.07, 6.45) is 0. The second-order valence-corrected chi connectivity index (χ2v) is 6.85. The first kappa shape index (κ1) is 23.3. The zero-order chi connectivity index (χ0) is 19.8. The smallest absolute Gasteiger partial charge is 0.337 e. The number of benzene rings is 1. The fourth-order valence-corrected chi connectivity index (χ4v) is 2.44. The molecule has 0 heterocycles. The topological polar surface area (TPSA) is 69.7 Å². The van der Waals surface area contributed by atoms with E-state index in [0.717, 1.165) is 0 Å². The van der Waals surface area contributed by atoms with Gasteiger partial charge in [0.2, 0.25) is 0 Å². The van der Waals surface area contributed by atoms with Gasteiger partial charge in [0.15, 0.2) is 5.78 Å². The lowest BCUT2D eigenvalue weighted by Gasteiger charge is -2.37. The zero-order valence-corrected chi connectivity index (χ0v) is 17.4. The van der Waals surface area contributed by atoms with Crippen LogP contribution in [0.5, 0.6) is 0 Å². The third-order valence-electron chi connectivity index (χ3n) is 4.40. The van der Waals surface area contributed by atoms with Crippen molar-refractivity contribution < 1.29 is 23.6 Å². The van der Waals surface area contributed by atoms with Crippen LogP contribution in [0.1, 0.15) is 62.3 Å². The number of methoxy groups -OCH3 is 1. The molecule has 25 heavy (non-hydrogen) atoms. The molecule has 1 atom stereocenters. The summed E-state index contributed by atoms with van der Waals surface area (Å²) in [5.74, 6) is -1.05. The summed E-state index contributed by atoms with van der Waals surface area (Å²) >= 11 is 0. The molecule has 6 heteroatoms. The van der Waals surface area contributed by atoms with Crippen molar-refractivity contribution in [1.82, 2.24) is 0 Å². The molecular weight excluding hydrogens is 339 g/mol. The van der Waals surface area contributed by atoms with E-state index in [1.54, 1.807) is 46.5 Å². The number of ether oxygens (including phenoxy) is 1. The van der Waals surface area contributed by atoms with Crippen molar-refractivity contribution in [3.05, 3.63) is 35.4 Å². The Hall–Kier alpha value is -1.74. The van der Waals surface area contributed by atoms with E-state index in [1.807, 2.05) is 13.8 Å². The maximum absolute atomic E-state index is 12.9. The number of ketones is 1. The van der Waals surface area contributed by atoms with Gasteiger partial charge in [-0.25, -0.2) is 4.79 Å². The number of rotatable bonds is 6. The molecule has 0 aliphatic carbocycles. The third-order valence-corrected chi connectivity index (χ3v) is 4.79. The van der Waals surface area contributed by atoms with Gasteiger partial charge < -0.3 is 9.26 Å². The van der Waals surface area contributed by atoms with Gasteiger partial charge in [-0.1, -0.05) is 39.8 Å². The number of hydrogen-bond acceptors (Lipinski definition) is 5. The van der Waals surface area contributed by atoms with Gasteiger partial charge in [-0.2, -0.15) is 0 Å². The fraction of sp³-hybridized carbons (Fsp3) is 0.526. The highest BCUT2D eigenvalue weighted by atomic mass is 31.1. The molecule has 0 bridgehead atoms. The van der Waals surface area contributed by atoms with Gasteiger partial charge in [-0.15, -0.1) is 0 Å². The zero-order valence-electron chi connectivity index (χ0n) is 16.4. The summed E-state index contributed by atoms with van der Waals surface area (Å²) in [4.78, 5) is 36.5. The molecule has 0 amide bonds. The Morgan fingerprint density at radius 3 is 1.72 bits per heavy atom. The van der Waals surface area contributed by atoms with Crippen molar-refractivity contribution in [2.75, 3.05) is 13.8 Å². The van der Waals surface area contributed by atoms with Crippen LogP contribution in [0.4, 0.5) is 0 Å². The first-order valence-corrected chi connectivity index (χ1v) is 9.61. The molecule has 0 saturated heterocycles. The van der Waals surface area contributed by atoms with Gasteiger partial charge >= 0.3 is 11.9 Å². The Balaban J connectivity index is 0.00000277. The van der Waals surface area contributed by atoms with Crippen molar-refractivity contribution >= 4 is 26.5 Å². The molecule has 0 spiro atoms. The molecule has 1 unspecified atom stereocenters. The van der Waals surface area contributed by atoms with Crippen LogP contribution in [0.15, 0.2) is 24.3 Å². The van der Waals surface area contributed by atoms with Crippen LogP contribution in [-0.2, 0) is 14.1 Å². The summed E-state index contributed by atoms with van der Waals surface area (Å²) in [5, 5.41) is 0. The highest BCUT2D eigenvalue weighted by Gasteiger charge is 2.49. The Labute approximate surface area is 152 Å². The molecule has 0 fully saturated rings. The predicted molar refractivity (Wildman–Crippen MR) is 101 cm³/mol. The number of hydrogen-bond donors (Lipinski definition) is 0. The average molecular weight is 368 g/mol. The SMILES string of the molecule is CC.COC(=O)c1ccc(C(=O)C(C)(C)C(C)(C)C(=O)OPC)cc1. The summed E-state index contributed by atoms with van der Waals surface area (Å²) < 4.78 is 9.75. The molecule has 0 saturated carbocycles. The second kappa shape index (κ2) is 9.67. The lowest BCUT2D eigenvalue weighted by atomic mass is 9.64. The molecule has 0 aromatic heterocycles. The number of carbonyl (C=O) groups is 3. The molecule has 0 N–H and O–H groups in total. The lowest BCUT2D eigenvalue weighted by Crippen LogP contribution is -2.45. The van der Waals surface area contributed by atoms with Crippen molar-refractivity contribution in [3.8, 4) is 0 Å². The second-order valence-electron chi connectivity index (χ2n) is 6.24. The van der Waals surface area contributed by atoms with Crippen LogP contribution in [0.25, 0.3) is 0 Å². The minimum Gasteiger partial charge on any atom is -0.465 e. The van der Waals surface area contributed by atoms with Gasteiger partial charge in [0.25, 0.3) is 0 Å². The molecule has 1 aromatic carbocycles. The molecule has 5 nitrogen and oxygen atoms in total. The minimum atomic E-state index is -0.978. The number of carbonyl (C=O) groups excluding carboxylic acids is 3. The van der Waals surface area contributed by atoms with E-state index in [0.29, 0.717) is 11.1 Å². The van der Waals surface area contributed by atoms with Crippen LogP contribution in [0, 0.1) is 10.8 Å². The van der Waals surface area contributed by atoms with Gasteiger partial charge in [0.05, 0.1) is 26.9 Å². The normalized spacial score (nSPS) is 11.5. The highest BCUT2D eigenvalue weighted by molar-refractivity contribution is 7.31. The van der Waals surface area contributed by atoms with Crippen LogP contribution < -0.4 is 0 Å². The van der Waals surface area contributed by atoms with E-state index in [-0.39, 0.29) is 14.6 Å². The molecule has 0 radical (unpaired) electrons. The van der Waals surface area contributed by atoms with Crippen molar-refractivity contribution in [2.45, 2.75) is 41.5 Å². The number of esters is 1. The van der Waals surface area contributed by atoms with Crippen molar-refractivity contribution in [1.29, 1.82) is 0 Å². The van der Waals surface area contributed by atoms with E-state index in [1.165, 1.54) is 19.2 Å². The maximum atomic E-state index is 12.9. The van der Waals surface area contributed by atoms with Crippen LogP contribution in [0.3, 0.4) is 0 Å². The van der Waals surface area contributed by atoms with E-state index in [4.69, 9.17) is 4.52 Å². The summed E-state index contributed by atoms with van der Waals surface area (Å²) in [5.41, 5.74) is -1.14. The standard InChI is InChI=1S/C17H23O5P.C2H6/c1-16(2,17(3,4)15(20)22-23-6)13(18)11-7-9-12(10-8-11)14(19)21-5;1-2/h7-10,23H,1-6H3;1-2H3. The van der Waals surface area contributed by atoms with E-state index < -0.39 is 22.8 Å². The third kappa shape index (κ3) is 5.12. The largest absolute Gasteiger partial charge is 0.465 e. The van der Waals surface area contributed by atoms with Crippen molar-refractivity contribution in [2.24, 2.45) is 10.8 Å². The Morgan fingerprint density at radius 2 is 1.32 bits per heavy atom.